The van der Waals surface area contributed by atoms with Gasteiger partial charge in [0, 0.05) is 11.8 Å². The fraction of sp³-hybridized carbons (Fsp3) is 0.0833. The Morgan fingerprint density at radius 3 is 3.05 bits per heavy atom. The van der Waals surface area contributed by atoms with Gasteiger partial charge in [-0.15, -0.1) is 16.4 Å². The summed E-state index contributed by atoms with van der Waals surface area (Å²) < 4.78 is 1.07. The van der Waals surface area contributed by atoms with Crippen LogP contribution in [0.5, 0.6) is 0 Å². The van der Waals surface area contributed by atoms with Gasteiger partial charge in [0.05, 0.1) is 15.9 Å². The molecule has 0 atom stereocenters. The molecule has 4 heterocycles. The van der Waals surface area contributed by atoms with Gasteiger partial charge in [0.1, 0.15) is 11.8 Å². The van der Waals surface area contributed by atoms with Crippen LogP contribution in [-0.4, -0.2) is 30.4 Å². The summed E-state index contributed by atoms with van der Waals surface area (Å²) in [6.45, 7) is 2.05. The van der Waals surface area contributed by atoms with Crippen LogP contribution in [0.1, 0.15) is 5.56 Å². The second-order valence-corrected chi connectivity index (χ2v) is 5.09. The predicted molar refractivity (Wildman–Crippen MR) is 72.8 cm³/mol. The molecule has 7 heteroatoms. The number of nitrogens with one attached hydrogen (secondary N) is 1. The lowest BCUT2D eigenvalue weighted by atomic mass is 10.1. The molecule has 0 saturated carbocycles. The van der Waals surface area contributed by atoms with E-state index in [1.807, 2.05) is 6.07 Å². The average molecular weight is 268 g/mol. The Balaban J connectivity index is 2.02. The largest absolute Gasteiger partial charge is 0.235 e. The van der Waals surface area contributed by atoms with E-state index >= 15 is 0 Å². The zero-order valence-corrected chi connectivity index (χ0v) is 10.8. The van der Waals surface area contributed by atoms with Gasteiger partial charge < -0.3 is 0 Å². The number of thiophene rings is 1. The molecule has 0 aliphatic heterocycles. The molecule has 0 aromatic carbocycles. The summed E-state index contributed by atoms with van der Waals surface area (Å²) in [4.78, 5) is 13.0. The molecule has 0 fully saturated rings. The van der Waals surface area contributed by atoms with Gasteiger partial charge in [-0.2, -0.15) is 10.3 Å². The van der Waals surface area contributed by atoms with E-state index in [0.29, 0.717) is 5.65 Å². The van der Waals surface area contributed by atoms with Gasteiger partial charge in [0.15, 0.2) is 0 Å². The third-order valence-corrected chi connectivity index (χ3v) is 4.07. The Morgan fingerprint density at radius 2 is 2.11 bits per heavy atom. The van der Waals surface area contributed by atoms with Crippen molar-refractivity contribution < 1.29 is 0 Å². The van der Waals surface area contributed by atoms with Crippen molar-refractivity contribution in [2.45, 2.75) is 6.92 Å². The van der Waals surface area contributed by atoms with Crippen molar-refractivity contribution in [3.8, 4) is 11.3 Å². The number of H-pyrrole nitrogens is 1. The summed E-state index contributed by atoms with van der Waals surface area (Å²) in [5.74, 6) is 0. The van der Waals surface area contributed by atoms with E-state index in [9.17, 15) is 0 Å². The minimum atomic E-state index is 0.608. The normalized spacial score (nSPS) is 11.4. The van der Waals surface area contributed by atoms with Crippen molar-refractivity contribution in [3.05, 3.63) is 29.5 Å². The van der Waals surface area contributed by atoms with Gasteiger partial charge in [-0.25, -0.2) is 15.0 Å². The van der Waals surface area contributed by atoms with Crippen LogP contribution in [0.4, 0.5) is 0 Å². The number of pyridine rings is 1. The van der Waals surface area contributed by atoms with Crippen LogP contribution in [0.15, 0.2) is 24.0 Å². The Labute approximate surface area is 111 Å². The Bertz CT molecular complexity index is 893. The number of aromatic nitrogens is 6. The summed E-state index contributed by atoms with van der Waals surface area (Å²) in [5, 5.41) is 12.6. The summed E-state index contributed by atoms with van der Waals surface area (Å²) in [6, 6.07) is 1.93. The van der Waals surface area contributed by atoms with Crippen LogP contribution >= 0.6 is 11.3 Å². The highest BCUT2D eigenvalue weighted by Crippen LogP contribution is 2.31. The number of hydrogen-bond donors (Lipinski definition) is 1. The molecule has 0 spiro atoms. The van der Waals surface area contributed by atoms with Crippen LogP contribution in [-0.2, 0) is 0 Å². The molecule has 0 saturated heterocycles. The maximum atomic E-state index is 4.38. The fourth-order valence-electron chi connectivity index (χ4n) is 2.05. The highest BCUT2D eigenvalue weighted by Gasteiger charge is 2.11. The Morgan fingerprint density at radius 1 is 1.16 bits per heavy atom. The lowest BCUT2D eigenvalue weighted by Crippen LogP contribution is -1.88. The van der Waals surface area contributed by atoms with Crippen LogP contribution in [0, 0.1) is 6.92 Å². The van der Waals surface area contributed by atoms with Crippen molar-refractivity contribution in [1.29, 1.82) is 0 Å². The topological polar surface area (TPSA) is 80.2 Å². The first-order valence-corrected chi connectivity index (χ1v) is 6.56. The molecule has 4 aromatic heterocycles. The molecule has 0 radical (unpaired) electrons. The number of aryl methyl sites for hydroxylation is 1. The predicted octanol–water partition coefficient (Wildman–Crippen LogP) is 2.33. The number of nitrogens with zero attached hydrogens (tertiary/aromatic N) is 5. The molecule has 1 N–H and O–H groups in total. The highest BCUT2D eigenvalue weighted by molar-refractivity contribution is 7.17. The van der Waals surface area contributed by atoms with E-state index in [4.69, 9.17) is 0 Å². The third kappa shape index (κ3) is 1.52. The molecular weight excluding hydrogens is 260 g/mol. The van der Waals surface area contributed by atoms with Gasteiger partial charge >= 0.3 is 0 Å². The summed E-state index contributed by atoms with van der Waals surface area (Å²) in [7, 11) is 0. The minimum absolute atomic E-state index is 0.608. The zero-order chi connectivity index (χ0) is 12.8. The Hall–Kier alpha value is -2.41. The quantitative estimate of drug-likeness (QED) is 0.573. The molecule has 19 heavy (non-hydrogen) atoms. The highest BCUT2D eigenvalue weighted by atomic mass is 32.1. The molecule has 6 nitrogen and oxygen atoms in total. The molecule has 0 amide bonds. The first kappa shape index (κ1) is 10.5. The molecule has 0 aliphatic rings. The van der Waals surface area contributed by atoms with Crippen molar-refractivity contribution in [2.75, 3.05) is 0 Å². The molecule has 0 aliphatic carbocycles. The second-order valence-electron chi connectivity index (χ2n) is 4.21. The molecule has 4 rings (SSSR count). The number of aromatic amines is 1. The third-order valence-electron chi connectivity index (χ3n) is 2.98. The van der Waals surface area contributed by atoms with Crippen LogP contribution < -0.4 is 0 Å². The summed E-state index contributed by atoms with van der Waals surface area (Å²) in [5.41, 5.74) is 5.32. The first-order valence-electron chi connectivity index (χ1n) is 5.68. The summed E-state index contributed by atoms with van der Waals surface area (Å²) in [6.07, 6.45) is 3.35. The second kappa shape index (κ2) is 3.79. The van der Waals surface area contributed by atoms with Crippen molar-refractivity contribution in [2.24, 2.45) is 0 Å². The molecular formula is C12H8N6S. The lowest BCUT2D eigenvalue weighted by molar-refractivity contribution is 0.954. The van der Waals surface area contributed by atoms with Gasteiger partial charge in [0.2, 0.25) is 5.65 Å². The van der Waals surface area contributed by atoms with E-state index in [0.717, 1.165) is 27.0 Å². The number of rotatable bonds is 1. The van der Waals surface area contributed by atoms with Crippen LogP contribution in [0.3, 0.4) is 0 Å². The van der Waals surface area contributed by atoms with Gasteiger partial charge in [-0.1, -0.05) is 0 Å². The smallest absolute Gasteiger partial charge is 0.201 e. The van der Waals surface area contributed by atoms with Gasteiger partial charge in [0.25, 0.3) is 0 Å². The zero-order valence-electron chi connectivity index (χ0n) is 9.95. The van der Waals surface area contributed by atoms with Gasteiger partial charge in [-0.05, 0) is 23.9 Å². The van der Waals surface area contributed by atoms with E-state index < -0.39 is 0 Å². The number of hydrogen-bond acceptors (Lipinski definition) is 6. The first-order chi connectivity index (χ1) is 9.33. The van der Waals surface area contributed by atoms with E-state index in [-0.39, 0.29) is 0 Å². The maximum Gasteiger partial charge on any atom is 0.201 e. The fourth-order valence-corrected chi connectivity index (χ4v) is 3.06. The SMILES string of the molecule is Cc1csc2c(-c3cnc4n[nH]nc4c3)ncnc12. The van der Waals surface area contributed by atoms with E-state index in [1.54, 1.807) is 23.9 Å². The Kier molecular flexibility index (Phi) is 2.10. The molecule has 4 aromatic rings. The minimum Gasteiger partial charge on any atom is -0.235 e. The molecule has 92 valence electrons. The van der Waals surface area contributed by atoms with Crippen LogP contribution in [0.2, 0.25) is 0 Å². The lowest BCUT2D eigenvalue weighted by Gasteiger charge is -2.01. The van der Waals surface area contributed by atoms with Crippen LogP contribution in [0.25, 0.3) is 32.6 Å². The average Bonchev–Trinajstić information content (AvgIpc) is 3.05. The van der Waals surface area contributed by atoms with Crippen molar-refractivity contribution in [1.82, 2.24) is 30.4 Å². The summed E-state index contributed by atoms with van der Waals surface area (Å²) >= 11 is 1.65. The van der Waals surface area contributed by atoms with E-state index in [1.165, 1.54) is 5.56 Å². The molecule has 0 unspecified atom stereocenters. The maximum absolute atomic E-state index is 4.38. The van der Waals surface area contributed by atoms with Crippen molar-refractivity contribution in [3.63, 3.8) is 0 Å². The molecule has 0 bridgehead atoms. The van der Waals surface area contributed by atoms with Gasteiger partial charge in [-0.3, -0.25) is 0 Å². The van der Waals surface area contributed by atoms with Crippen molar-refractivity contribution >= 4 is 32.7 Å². The standard InChI is InChI=1S/C12H8N6S/c1-6-4-19-11-9(6)14-5-15-10(11)7-2-8-12(13-3-7)17-18-16-8/h2-5H,1H3,(H,13,16,17,18). The van der Waals surface area contributed by atoms with E-state index in [2.05, 4.69) is 42.7 Å². The monoisotopic (exact) mass is 268 g/mol. The number of fused-ring (bicyclic) bond motifs is 2.